The number of hydrogen-bond acceptors (Lipinski definition) is 3. The quantitative estimate of drug-likeness (QED) is 0.160. The first-order valence-electron chi connectivity index (χ1n) is 14.3. The highest BCUT2D eigenvalue weighted by Crippen LogP contribution is 2.14. The molecule has 202 valence electrons. The highest BCUT2D eigenvalue weighted by molar-refractivity contribution is 5.69. The molecule has 1 aliphatic rings. The normalized spacial score (nSPS) is 15.3. The van der Waals surface area contributed by atoms with E-state index in [0.29, 0.717) is 13.2 Å². The van der Waals surface area contributed by atoms with E-state index in [9.17, 15) is 4.79 Å². The Morgan fingerprint density at radius 1 is 0.829 bits per heavy atom. The molecule has 2 rings (SSSR count). The van der Waals surface area contributed by atoms with E-state index in [1.165, 1.54) is 83.5 Å². The van der Waals surface area contributed by atoms with Gasteiger partial charge in [0.05, 0.1) is 13.2 Å². The highest BCUT2D eigenvalue weighted by atomic mass is 79.9. The molecule has 35 heavy (non-hydrogen) atoms. The lowest BCUT2D eigenvalue weighted by Gasteiger charge is -2.12. The molecule has 1 saturated heterocycles. The van der Waals surface area contributed by atoms with Crippen LogP contribution in [0.4, 0.5) is 4.79 Å². The summed E-state index contributed by atoms with van der Waals surface area (Å²) in [6.07, 6.45) is 25.1. The van der Waals surface area contributed by atoms with Gasteiger partial charge in [-0.1, -0.05) is 96.5 Å². The van der Waals surface area contributed by atoms with Crippen LogP contribution in [0.1, 0.15) is 110 Å². The minimum atomic E-state index is -0.183. The molecule has 1 aromatic heterocycles. The second-order valence-corrected chi connectivity index (χ2v) is 9.94. The molecule has 1 fully saturated rings. The van der Waals surface area contributed by atoms with E-state index in [-0.39, 0.29) is 29.2 Å². The van der Waals surface area contributed by atoms with E-state index in [1.54, 1.807) is 0 Å². The Hall–Kier alpha value is -1.14. The summed E-state index contributed by atoms with van der Waals surface area (Å²) < 4.78 is 13.4. The molecule has 1 aliphatic heterocycles. The fourth-order valence-electron chi connectivity index (χ4n) is 4.64. The number of aromatic nitrogens is 1. The van der Waals surface area contributed by atoms with Crippen molar-refractivity contribution in [2.45, 2.75) is 122 Å². The van der Waals surface area contributed by atoms with Crippen LogP contribution in [0.15, 0.2) is 30.6 Å². The van der Waals surface area contributed by atoms with Gasteiger partial charge in [-0.25, -0.2) is 9.36 Å². The van der Waals surface area contributed by atoms with Crippen molar-refractivity contribution in [2.24, 2.45) is 0 Å². The van der Waals surface area contributed by atoms with Crippen LogP contribution in [-0.2, 0) is 16.0 Å². The van der Waals surface area contributed by atoms with Gasteiger partial charge >= 0.3 is 6.09 Å². The summed E-state index contributed by atoms with van der Waals surface area (Å²) in [6, 6.07) is 6.11. The predicted octanol–water partition coefficient (Wildman–Crippen LogP) is 4.08. The van der Waals surface area contributed by atoms with E-state index >= 15 is 0 Å². The van der Waals surface area contributed by atoms with Crippen molar-refractivity contribution >= 4 is 6.09 Å². The Bertz CT molecular complexity index is 617. The zero-order valence-corrected chi connectivity index (χ0v) is 23.9. The minimum absolute atomic E-state index is 0. The molecule has 2 heterocycles. The second-order valence-electron chi connectivity index (χ2n) is 9.94. The van der Waals surface area contributed by atoms with Gasteiger partial charge in [-0.3, -0.25) is 0 Å². The van der Waals surface area contributed by atoms with E-state index in [2.05, 4.69) is 23.9 Å². The number of rotatable bonds is 22. The maximum absolute atomic E-state index is 12.1. The van der Waals surface area contributed by atoms with Crippen LogP contribution in [0.3, 0.4) is 0 Å². The van der Waals surface area contributed by atoms with Gasteiger partial charge in [0.1, 0.15) is 12.6 Å². The molecule has 0 aliphatic carbocycles. The second kappa shape index (κ2) is 22.1. The number of aryl methyl sites for hydroxylation is 1. The number of cyclic esters (lactones) is 1. The fourth-order valence-corrected chi connectivity index (χ4v) is 4.64. The van der Waals surface area contributed by atoms with Crippen molar-refractivity contribution in [3.63, 3.8) is 0 Å². The van der Waals surface area contributed by atoms with Gasteiger partial charge in [-0.05, 0) is 12.8 Å². The molecule has 1 amide bonds. The molecule has 0 bridgehead atoms. The summed E-state index contributed by atoms with van der Waals surface area (Å²) in [6.45, 7) is 6.00. The molecule has 0 spiro atoms. The largest absolute Gasteiger partial charge is 1.00 e. The average Bonchev–Trinajstić information content (AvgIpc) is 3.21. The van der Waals surface area contributed by atoms with Gasteiger partial charge in [-0.2, -0.15) is 0 Å². The Morgan fingerprint density at radius 3 is 2.00 bits per heavy atom. The standard InChI is InChI=1S/C29H51N2O3.BrH/c1-2-3-4-5-6-7-8-9-10-11-12-13-14-20-25-33-27-28-26-31(29(32)34-28)24-19-18-23-30-21-16-15-17-22-30;/h15-17,21-22,28H,2-14,18-20,23-27H2,1H3;1H/q+1;/p-1. The molecule has 0 saturated carbocycles. The Labute approximate surface area is 225 Å². The van der Waals surface area contributed by atoms with E-state index in [0.717, 1.165) is 39.0 Å². The Kier molecular flexibility index (Phi) is 20.1. The number of amides is 1. The van der Waals surface area contributed by atoms with Gasteiger partial charge in [0.15, 0.2) is 12.4 Å². The maximum Gasteiger partial charge on any atom is 0.410 e. The van der Waals surface area contributed by atoms with E-state index in [1.807, 2.05) is 23.1 Å². The molecule has 0 N–H and O–H groups in total. The van der Waals surface area contributed by atoms with Crippen molar-refractivity contribution in [3.8, 4) is 0 Å². The average molecular weight is 556 g/mol. The third-order valence-electron chi connectivity index (χ3n) is 6.77. The summed E-state index contributed by atoms with van der Waals surface area (Å²) >= 11 is 0. The maximum atomic E-state index is 12.1. The topological polar surface area (TPSA) is 42.7 Å². The first-order valence-corrected chi connectivity index (χ1v) is 14.3. The van der Waals surface area contributed by atoms with Crippen molar-refractivity contribution < 1.29 is 35.8 Å². The number of pyridine rings is 1. The molecule has 1 atom stereocenters. The first kappa shape index (κ1) is 31.9. The molecular formula is C29H51BrN2O3. The Balaban J connectivity index is 0.00000612. The fraction of sp³-hybridized carbons (Fsp3) is 0.793. The van der Waals surface area contributed by atoms with Crippen molar-refractivity contribution in [2.75, 3.05) is 26.3 Å². The SMILES string of the molecule is CCCCCCCCCCCCCCCCOCC1CN(CCCC[n+]2ccccc2)C(=O)O1.[Br-]. The van der Waals surface area contributed by atoms with Crippen molar-refractivity contribution in [1.82, 2.24) is 4.90 Å². The summed E-state index contributed by atoms with van der Waals surface area (Å²) in [5, 5.41) is 0. The minimum Gasteiger partial charge on any atom is -1.00 e. The van der Waals surface area contributed by atoms with Crippen LogP contribution in [0, 0.1) is 0 Å². The first-order chi connectivity index (χ1) is 16.8. The van der Waals surface area contributed by atoms with Crippen LogP contribution >= 0.6 is 0 Å². The molecular weight excluding hydrogens is 504 g/mol. The smallest absolute Gasteiger partial charge is 0.410 e. The molecule has 1 unspecified atom stereocenters. The van der Waals surface area contributed by atoms with Gasteiger partial charge < -0.3 is 31.4 Å². The van der Waals surface area contributed by atoms with Gasteiger partial charge in [0.2, 0.25) is 0 Å². The molecule has 0 aromatic carbocycles. The number of unbranched alkanes of at least 4 members (excludes halogenated alkanes) is 14. The zero-order valence-electron chi connectivity index (χ0n) is 22.3. The third kappa shape index (κ3) is 16.3. The van der Waals surface area contributed by atoms with Gasteiger partial charge in [0, 0.05) is 31.7 Å². The van der Waals surface area contributed by atoms with Crippen LogP contribution < -0.4 is 21.5 Å². The van der Waals surface area contributed by atoms with Gasteiger partial charge in [0.25, 0.3) is 0 Å². The van der Waals surface area contributed by atoms with Crippen LogP contribution in [0.25, 0.3) is 0 Å². The number of halogens is 1. The van der Waals surface area contributed by atoms with Crippen molar-refractivity contribution in [1.29, 1.82) is 0 Å². The number of nitrogens with zero attached hydrogens (tertiary/aromatic N) is 2. The number of carbonyl (C=O) groups excluding carboxylic acids is 1. The lowest BCUT2D eigenvalue weighted by molar-refractivity contribution is -0.697. The van der Waals surface area contributed by atoms with Crippen LogP contribution in [-0.4, -0.2) is 43.4 Å². The summed E-state index contributed by atoms with van der Waals surface area (Å²) in [5.74, 6) is 0. The predicted molar refractivity (Wildman–Crippen MR) is 139 cm³/mol. The van der Waals surface area contributed by atoms with Crippen LogP contribution in [0.2, 0.25) is 0 Å². The number of ether oxygens (including phenoxy) is 2. The number of hydrogen-bond donors (Lipinski definition) is 0. The molecule has 0 radical (unpaired) electrons. The zero-order chi connectivity index (χ0) is 24.1. The van der Waals surface area contributed by atoms with E-state index < -0.39 is 0 Å². The van der Waals surface area contributed by atoms with Crippen LogP contribution in [0.5, 0.6) is 0 Å². The molecule has 1 aromatic rings. The summed E-state index contributed by atoms with van der Waals surface area (Å²) in [5.41, 5.74) is 0. The molecule has 5 nitrogen and oxygen atoms in total. The lowest BCUT2D eigenvalue weighted by Crippen LogP contribution is -3.00. The number of carbonyl (C=O) groups is 1. The Morgan fingerprint density at radius 2 is 1.40 bits per heavy atom. The van der Waals surface area contributed by atoms with Crippen molar-refractivity contribution in [3.05, 3.63) is 30.6 Å². The van der Waals surface area contributed by atoms with E-state index in [4.69, 9.17) is 9.47 Å². The summed E-state index contributed by atoms with van der Waals surface area (Å²) in [7, 11) is 0. The van der Waals surface area contributed by atoms with Gasteiger partial charge in [-0.15, -0.1) is 0 Å². The lowest BCUT2D eigenvalue weighted by atomic mass is 10.0. The summed E-state index contributed by atoms with van der Waals surface area (Å²) in [4.78, 5) is 13.9. The monoisotopic (exact) mass is 554 g/mol. The molecule has 6 heteroatoms. The third-order valence-corrected chi connectivity index (χ3v) is 6.77. The highest BCUT2D eigenvalue weighted by Gasteiger charge is 2.30.